The molecular formula is C14H24N4O. The van der Waals surface area contributed by atoms with Gasteiger partial charge in [-0.1, -0.05) is 13.8 Å². The fourth-order valence-corrected chi connectivity index (χ4v) is 1.71. The zero-order valence-electron chi connectivity index (χ0n) is 12.3. The molecule has 0 radical (unpaired) electrons. The van der Waals surface area contributed by atoms with E-state index in [2.05, 4.69) is 47.9 Å². The summed E-state index contributed by atoms with van der Waals surface area (Å²) in [6.45, 7) is 10.8. The van der Waals surface area contributed by atoms with Crippen LogP contribution in [0.5, 0.6) is 0 Å². The summed E-state index contributed by atoms with van der Waals surface area (Å²) in [5.41, 5.74) is 0.375. The molecule has 0 atom stereocenters. The zero-order chi connectivity index (χ0) is 14.3. The summed E-state index contributed by atoms with van der Waals surface area (Å²) >= 11 is 0. The highest BCUT2D eigenvalue weighted by molar-refractivity contribution is 5.91. The van der Waals surface area contributed by atoms with E-state index in [1.54, 1.807) is 12.4 Å². The maximum absolute atomic E-state index is 11.8. The van der Waals surface area contributed by atoms with Gasteiger partial charge in [0, 0.05) is 19.6 Å². The normalized spacial score (nSPS) is 10.6. The van der Waals surface area contributed by atoms with Crippen molar-refractivity contribution in [1.82, 2.24) is 15.3 Å². The van der Waals surface area contributed by atoms with Crippen LogP contribution in [0.2, 0.25) is 0 Å². The van der Waals surface area contributed by atoms with Gasteiger partial charge in [-0.3, -0.25) is 4.79 Å². The highest BCUT2D eigenvalue weighted by Crippen LogP contribution is 2.08. The minimum atomic E-state index is -0.153. The Morgan fingerprint density at radius 3 is 2.42 bits per heavy atom. The summed E-state index contributed by atoms with van der Waals surface area (Å²) in [4.78, 5) is 22.4. The Kier molecular flexibility index (Phi) is 6.25. The fraction of sp³-hybridized carbons (Fsp3) is 0.643. The second-order valence-electron chi connectivity index (χ2n) is 4.87. The van der Waals surface area contributed by atoms with Crippen LogP contribution in [0.1, 0.15) is 44.6 Å². The molecule has 106 valence electrons. The number of carbonyl (C=O) groups is 1. The van der Waals surface area contributed by atoms with E-state index < -0.39 is 0 Å². The van der Waals surface area contributed by atoms with Crippen LogP contribution in [0.25, 0.3) is 0 Å². The van der Waals surface area contributed by atoms with Gasteiger partial charge in [0.1, 0.15) is 11.5 Å². The number of anilines is 1. The van der Waals surface area contributed by atoms with Crippen LogP contribution in [-0.2, 0) is 0 Å². The van der Waals surface area contributed by atoms with Gasteiger partial charge in [-0.05, 0) is 26.2 Å². The molecule has 1 aromatic heterocycles. The van der Waals surface area contributed by atoms with Crippen molar-refractivity contribution in [1.29, 1.82) is 0 Å². The first-order valence-corrected chi connectivity index (χ1v) is 6.93. The molecule has 0 aromatic carbocycles. The summed E-state index contributed by atoms with van der Waals surface area (Å²) in [6, 6.07) is 0. The van der Waals surface area contributed by atoms with Gasteiger partial charge in [-0.15, -0.1) is 0 Å². The first kappa shape index (κ1) is 15.4. The van der Waals surface area contributed by atoms with E-state index in [4.69, 9.17) is 0 Å². The third-order valence-corrected chi connectivity index (χ3v) is 2.97. The summed E-state index contributed by atoms with van der Waals surface area (Å²) in [5.74, 6) is 1.24. The first-order valence-electron chi connectivity index (χ1n) is 6.93. The predicted molar refractivity (Wildman–Crippen MR) is 77.4 cm³/mol. The lowest BCUT2D eigenvalue weighted by Gasteiger charge is -2.18. The first-order chi connectivity index (χ1) is 9.08. The van der Waals surface area contributed by atoms with Crippen molar-refractivity contribution in [3.8, 4) is 0 Å². The van der Waals surface area contributed by atoms with E-state index >= 15 is 0 Å². The van der Waals surface area contributed by atoms with E-state index in [0.717, 1.165) is 25.3 Å². The van der Waals surface area contributed by atoms with Crippen molar-refractivity contribution >= 4 is 11.7 Å². The minimum absolute atomic E-state index is 0.153. The molecule has 0 aliphatic rings. The third-order valence-electron chi connectivity index (χ3n) is 2.97. The molecule has 0 fully saturated rings. The number of hydrogen-bond acceptors (Lipinski definition) is 4. The maximum atomic E-state index is 11.8. The van der Waals surface area contributed by atoms with Crippen molar-refractivity contribution < 1.29 is 4.79 Å². The molecule has 0 spiro atoms. The van der Waals surface area contributed by atoms with Crippen LogP contribution < -0.4 is 10.2 Å². The molecule has 0 bridgehead atoms. The topological polar surface area (TPSA) is 58.1 Å². The number of aromatic nitrogens is 2. The molecule has 0 unspecified atom stereocenters. The molecule has 1 aromatic rings. The molecule has 1 rings (SSSR count). The molecule has 0 aliphatic heterocycles. The quantitative estimate of drug-likeness (QED) is 0.819. The van der Waals surface area contributed by atoms with Gasteiger partial charge in [0.15, 0.2) is 0 Å². The monoisotopic (exact) mass is 264 g/mol. The highest BCUT2D eigenvalue weighted by atomic mass is 16.1. The van der Waals surface area contributed by atoms with Crippen LogP contribution in [0.3, 0.4) is 0 Å². The van der Waals surface area contributed by atoms with Crippen LogP contribution in [-0.4, -0.2) is 35.5 Å². The molecule has 5 heteroatoms. The molecule has 0 aliphatic carbocycles. The van der Waals surface area contributed by atoms with Crippen molar-refractivity contribution in [2.24, 2.45) is 5.92 Å². The van der Waals surface area contributed by atoms with E-state index in [1.165, 1.54) is 0 Å². The van der Waals surface area contributed by atoms with Gasteiger partial charge < -0.3 is 10.2 Å². The lowest BCUT2D eigenvalue weighted by molar-refractivity contribution is 0.0946. The Hall–Kier alpha value is -1.65. The van der Waals surface area contributed by atoms with E-state index in [9.17, 15) is 4.79 Å². The molecule has 5 nitrogen and oxygen atoms in total. The second kappa shape index (κ2) is 7.71. The summed E-state index contributed by atoms with van der Waals surface area (Å²) in [6.07, 6.45) is 4.17. The standard InChI is InChI=1S/C14H24N4O/c1-5-18(6-2)13-10-16-12(9-17-13)14(19)15-8-7-11(3)4/h9-11H,5-8H2,1-4H3,(H,15,19). The van der Waals surface area contributed by atoms with E-state index in [-0.39, 0.29) is 5.91 Å². The van der Waals surface area contributed by atoms with Crippen molar-refractivity contribution in [2.75, 3.05) is 24.5 Å². The van der Waals surface area contributed by atoms with Crippen LogP contribution in [0, 0.1) is 5.92 Å². The predicted octanol–water partition coefficient (Wildman–Crippen LogP) is 2.10. The van der Waals surface area contributed by atoms with Gasteiger partial charge in [-0.2, -0.15) is 0 Å². The Labute approximate surface area is 115 Å². The number of rotatable bonds is 7. The van der Waals surface area contributed by atoms with Gasteiger partial charge in [0.2, 0.25) is 0 Å². The summed E-state index contributed by atoms with van der Waals surface area (Å²) in [5, 5.41) is 2.85. The third kappa shape index (κ3) is 4.85. The number of amides is 1. The smallest absolute Gasteiger partial charge is 0.271 e. The Morgan fingerprint density at radius 2 is 1.95 bits per heavy atom. The number of nitrogens with zero attached hydrogens (tertiary/aromatic N) is 3. The largest absolute Gasteiger partial charge is 0.356 e. The molecule has 0 saturated carbocycles. The van der Waals surface area contributed by atoms with E-state index in [0.29, 0.717) is 18.2 Å². The van der Waals surface area contributed by atoms with Crippen LogP contribution in [0.4, 0.5) is 5.82 Å². The van der Waals surface area contributed by atoms with Crippen LogP contribution >= 0.6 is 0 Å². The van der Waals surface area contributed by atoms with Gasteiger partial charge in [0.05, 0.1) is 12.4 Å². The average molecular weight is 264 g/mol. The van der Waals surface area contributed by atoms with Gasteiger partial charge >= 0.3 is 0 Å². The molecule has 19 heavy (non-hydrogen) atoms. The maximum Gasteiger partial charge on any atom is 0.271 e. The molecule has 1 N–H and O–H groups in total. The van der Waals surface area contributed by atoms with Gasteiger partial charge in [0.25, 0.3) is 5.91 Å². The lowest BCUT2D eigenvalue weighted by Crippen LogP contribution is -2.27. The SMILES string of the molecule is CCN(CC)c1cnc(C(=O)NCCC(C)C)cn1. The molecule has 1 amide bonds. The Morgan fingerprint density at radius 1 is 1.26 bits per heavy atom. The summed E-state index contributed by atoms with van der Waals surface area (Å²) < 4.78 is 0. The van der Waals surface area contributed by atoms with Crippen molar-refractivity contribution in [2.45, 2.75) is 34.1 Å². The zero-order valence-corrected chi connectivity index (χ0v) is 12.3. The average Bonchev–Trinajstić information content (AvgIpc) is 2.40. The Balaban J connectivity index is 2.58. The molecule has 1 heterocycles. The van der Waals surface area contributed by atoms with Crippen molar-refractivity contribution in [3.63, 3.8) is 0 Å². The fourth-order valence-electron chi connectivity index (χ4n) is 1.71. The van der Waals surface area contributed by atoms with Crippen molar-refractivity contribution in [3.05, 3.63) is 18.1 Å². The molecule has 0 saturated heterocycles. The second-order valence-corrected chi connectivity index (χ2v) is 4.87. The number of carbonyl (C=O) groups excluding carboxylic acids is 1. The summed E-state index contributed by atoms with van der Waals surface area (Å²) in [7, 11) is 0. The number of hydrogen-bond donors (Lipinski definition) is 1. The van der Waals surface area contributed by atoms with E-state index in [1.807, 2.05) is 0 Å². The lowest BCUT2D eigenvalue weighted by atomic mass is 10.1. The Bertz CT molecular complexity index is 385. The minimum Gasteiger partial charge on any atom is -0.356 e. The number of nitrogens with one attached hydrogen (secondary N) is 1. The highest BCUT2D eigenvalue weighted by Gasteiger charge is 2.09. The van der Waals surface area contributed by atoms with Gasteiger partial charge in [-0.25, -0.2) is 9.97 Å². The molecular weight excluding hydrogens is 240 g/mol. The van der Waals surface area contributed by atoms with Crippen LogP contribution in [0.15, 0.2) is 12.4 Å².